The van der Waals surface area contributed by atoms with Crippen LogP contribution in [0.2, 0.25) is 0 Å². The molecule has 2 saturated heterocycles. The monoisotopic (exact) mass is 426 g/mol. The van der Waals surface area contributed by atoms with Gasteiger partial charge in [-0.2, -0.15) is 0 Å². The van der Waals surface area contributed by atoms with Gasteiger partial charge in [0, 0.05) is 25.1 Å². The fourth-order valence-corrected chi connectivity index (χ4v) is 4.76. The Morgan fingerprint density at radius 3 is 2.48 bits per heavy atom. The number of ether oxygens (including phenoxy) is 1. The fraction of sp³-hybridized carbons (Fsp3) is 0.348. The number of esters is 1. The van der Waals surface area contributed by atoms with Gasteiger partial charge in [-0.1, -0.05) is 30.3 Å². The van der Waals surface area contributed by atoms with Gasteiger partial charge in [-0.3, -0.25) is 24.6 Å². The van der Waals surface area contributed by atoms with Gasteiger partial charge in [0.05, 0.1) is 18.4 Å². The second-order valence-corrected chi connectivity index (χ2v) is 7.92. The largest absolute Gasteiger partial charge is 0.508 e. The maximum Gasteiger partial charge on any atom is 0.327 e. The van der Waals surface area contributed by atoms with E-state index in [1.54, 1.807) is 31.2 Å². The molecule has 2 aliphatic rings. The minimum atomic E-state index is -1.57. The number of aromatic hydroxyl groups is 1. The molecule has 2 N–H and O–H groups in total. The first-order chi connectivity index (χ1) is 14.8. The van der Waals surface area contributed by atoms with Crippen LogP contribution in [0, 0.1) is 17.7 Å². The summed E-state index contributed by atoms with van der Waals surface area (Å²) >= 11 is 0. The number of amides is 2. The Labute approximate surface area is 178 Å². The van der Waals surface area contributed by atoms with Crippen LogP contribution in [-0.2, 0) is 25.5 Å². The normalized spacial score (nSPS) is 27.5. The summed E-state index contributed by atoms with van der Waals surface area (Å²) in [4.78, 5) is 40.5. The standard InChI is InChI=1S/C23H23FN2O5/c1-3-31-22(30)23(12-13-8-10-14(27)11-9-13)18-17(20(28)26(2)21(18)29)19(25-23)15-6-4-5-7-16(15)24/h4-11,17-19,25,27H,3,12H2,1-2H3/t17-,18+,19+,23+/m0/s1. The molecule has 0 saturated carbocycles. The number of nitrogens with one attached hydrogen (secondary N) is 1. The van der Waals surface area contributed by atoms with E-state index in [0.29, 0.717) is 5.56 Å². The number of fused-ring (bicyclic) bond motifs is 1. The number of imide groups is 1. The average Bonchev–Trinajstić information content (AvgIpc) is 3.20. The first-order valence-corrected chi connectivity index (χ1v) is 10.1. The molecule has 8 heteroatoms. The fourth-order valence-electron chi connectivity index (χ4n) is 4.76. The van der Waals surface area contributed by atoms with E-state index in [1.165, 1.54) is 31.3 Å². The second kappa shape index (κ2) is 7.77. The van der Waals surface area contributed by atoms with Crippen LogP contribution in [0.25, 0.3) is 0 Å². The molecule has 2 amide bonds. The first-order valence-electron chi connectivity index (χ1n) is 10.1. The van der Waals surface area contributed by atoms with Crippen LogP contribution < -0.4 is 5.32 Å². The Kier molecular flexibility index (Phi) is 5.26. The molecule has 4 rings (SSSR count). The van der Waals surface area contributed by atoms with Crippen molar-refractivity contribution in [3.63, 3.8) is 0 Å². The van der Waals surface area contributed by atoms with Crippen molar-refractivity contribution < 1.29 is 28.6 Å². The molecule has 7 nitrogen and oxygen atoms in total. The summed E-state index contributed by atoms with van der Waals surface area (Å²) in [5.74, 6) is -4.12. The maximum absolute atomic E-state index is 14.7. The van der Waals surface area contributed by atoms with Gasteiger partial charge in [0.15, 0.2) is 0 Å². The summed E-state index contributed by atoms with van der Waals surface area (Å²) in [6.45, 7) is 1.73. The van der Waals surface area contributed by atoms with E-state index in [1.807, 2.05) is 0 Å². The van der Waals surface area contributed by atoms with Gasteiger partial charge in [-0.05, 0) is 30.7 Å². The first kappa shape index (κ1) is 21.0. The minimum Gasteiger partial charge on any atom is -0.508 e. The molecule has 0 unspecified atom stereocenters. The van der Waals surface area contributed by atoms with Gasteiger partial charge in [0.2, 0.25) is 11.8 Å². The van der Waals surface area contributed by atoms with Gasteiger partial charge < -0.3 is 9.84 Å². The molecule has 0 aliphatic carbocycles. The number of phenolic OH excluding ortho intramolecular Hbond substituents is 1. The number of benzene rings is 2. The highest BCUT2D eigenvalue weighted by Crippen LogP contribution is 2.50. The van der Waals surface area contributed by atoms with Gasteiger partial charge in [0.1, 0.15) is 17.1 Å². The number of likely N-dealkylation sites (tertiary alicyclic amines) is 1. The molecule has 0 bridgehead atoms. The van der Waals surface area contributed by atoms with Crippen molar-refractivity contribution in [2.24, 2.45) is 11.8 Å². The van der Waals surface area contributed by atoms with Crippen molar-refractivity contribution in [2.45, 2.75) is 24.9 Å². The molecule has 0 spiro atoms. The second-order valence-electron chi connectivity index (χ2n) is 7.92. The van der Waals surface area contributed by atoms with Crippen molar-refractivity contribution in [3.8, 4) is 5.75 Å². The van der Waals surface area contributed by atoms with E-state index in [2.05, 4.69) is 5.32 Å². The molecule has 2 heterocycles. The number of nitrogens with zero attached hydrogens (tertiary/aromatic N) is 1. The van der Waals surface area contributed by atoms with E-state index in [-0.39, 0.29) is 24.3 Å². The molecule has 31 heavy (non-hydrogen) atoms. The summed E-state index contributed by atoms with van der Waals surface area (Å²) in [7, 11) is 1.37. The molecule has 2 aliphatic heterocycles. The molecule has 0 radical (unpaired) electrons. The van der Waals surface area contributed by atoms with Crippen LogP contribution in [0.4, 0.5) is 4.39 Å². The Morgan fingerprint density at radius 2 is 1.84 bits per heavy atom. The number of rotatable bonds is 5. The summed E-state index contributed by atoms with van der Waals surface area (Å²) in [6.07, 6.45) is 0.0328. The molecular formula is C23H23FN2O5. The minimum absolute atomic E-state index is 0.0328. The van der Waals surface area contributed by atoms with Crippen molar-refractivity contribution in [1.82, 2.24) is 10.2 Å². The van der Waals surface area contributed by atoms with Gasteiger partial charge in [0.25, 0.3) is 0 Å². The highest BCUT2D eigenvalue weighted by molar-refractivity contribution is 6.09. The Morgan fingerprint density at radius 1 is 1.16 bits per heavy atom. The zero-order chi connectivity index (χ0) is 22.3. The van der Waals surface area contributed by atoms with Gasteiger partial charge >= 0.3 is 5.97 Å². The zero-order valence-electron chi connectivity index (χ0n) is 17.2. The highest BCUT2D eigenvalue weighted by atomic mass is 19.1. The quantitative estimate of drug-likeness (QED) is 0.561. The number of hydrogen-bond acceptors (Lipinski definition) is 6. The molecule has 2 aromatic rings. The predicted molar refractivity (Wildman–Crippen MR) is 108 cm³/mol. The summed E-state index contributed by atoms with van der Waals surface area (Å²) in [6, 6.07) is 11.3. The SMILES string of the molecule is CCOC(=O)[C@]1(Cc2ccc(O)cc2)N[C@H](c2ccccc2F)[C@H]2C(=O)N(C)C(=O)[C@@H]21. The molecule has 4 atom stereocenters. The number of carbonyl (C=O) groups excluding carboxylic acids is 3. The van der Waals surface area contributed by atoms with Crippen LogP contribution in [-0.4, -0.2) is 47.0 Å². The van der Waals surface area contributed by atoms with Crippen LogP contribution in [0.3, 0.4) is 0 Å². The molecule has 0 aromatic heterocycles. The lowest BCUT2D eigenvalue weighted by Gasteiger charge is -2.32. The number of carbonyl (C=O) groups is 3. The molecule has 162 valence electrons. The van der Waals surface area contributed by atoms with E-state index < -0.39 is 47.0 Å². The topological polar surface area (TPSA) is 95.9 Å². The molecule has 2 aromatic carbocycles. The van der Waals surface area contributed by atoms with Crippen LogP contribution in [0.15, 0.2) is 48.5 Å². The summed E-state index contributed by atoms with van der Waals surface area (Å²) in [5, 5.41) is 12.8. The zero-order valence-corrected chi connectivity index (χ0v) is 17.2. The number of hydrogen-bond donors (Lipinski definition) is 2. The van der Waals surface area contributed by atoms with Crippen LogP contribution in [0.1, 0.15) is 24.1 Å². The smallest absolute Gasteiger partial charge is 0.327 e. The van der Waals surface area contributed by atoms with Crippen molar-refractivity contribution in [3.05, 3.63) is 65.5 Å². The Hall–Kier alpha value is -3.26. The van der Waals surface area contributed by atoms with E-state index in [4.69, 9.17) is 4.74 Å². The van der Waals surface area contributed by atoms with Crippen molar-refractivity contribution >= 4 is 17.8 Å². The summed E-state index contributed by atoms with van der Waals surface area (Å²) < 4.78 is 20.0. The maximum atomic E-state index is 14.7. The van der Waals surface area contributed by atoms with Gasteiger partial charge in [-0.15, -0.1) is 0 Å². The van der Waals surface area contributed by atoms with E-state index in [0.717, 1.165) is 4.90 Å². The van der Waals surface area contributed by atoms with Crippen molar-refractivity contribution in [2.75, 3.05) is 13.7 Å². The lowest BCUT2D eigenvalue weighted by atomic mass is 9.76. The number of phenols is 1. The summed E-state index contributed by atoms with van der Waals surface area (Å²) in [5.41, 5.74) is -0.700. The van der Waals surface area contributed by atoms with Crippen LogP contribution in [0.5, 0.6) is 5.75 Å². The van der Waals surface area contributed by atoms with E-state index in [9.17, 15) is 23.9 Å². The lowest BCUT2D eigenvalue weighted by molar-refractivity contribution is -0.156. The molecular weight excluding hydrogens is 403 g/mol. The third-order valence-electron chi connectivity index (χ3n) is 6.17. The van der Waals surface area contributed by atoms with E-state index >= 15 is 0 Å². The average molecular weight is 426 g/mol. The third-order valence-corrected chi connectivity index (χ3v) is 6.17. The molecule has 2 fully saturated rings. The van der Waals surface area contributed by atoms with Gasteiger partial charge in [-0.25, -0.2) is 4.39 Å². The predicted octanol–water partition coefficient (Wildman–Crippen LogP) is 1.95. The van der Waals surface area contributed by atoms with Crippen LogP contribution >= 0.6 is 0 Å². The lowest BCUT2D eigenvalue weighted by Crippen LogP contribution is -2.57. The van der Waals surface area contributed by atoms with Crippen molar-refractivity contribution in [1.29, 1.82) is 0 Å². The Balaban J connectivity index is 1.87. The Bertz CT molecular complexity index is 1040. The highest BCUT2D eigenvalue weighted by Gasteiger charge is 2.68. The number of halogens is 1. The third kappa shape index (κ3) is 3.27.